The van der Waals surface area contributed by atoms with Gasteiger partial charge in [-0.3, -0.25) is 0 Å². The van der Waals surface area contributed by atoms with E-state index in [0.29, 0.717) is 0 Å². The first-order valence-electron chi connectivity index (χ1n) is 8.88. The third-order valence-electron chi connectivity index (χ3n) is 4.48. The van der Waals surface area contributed by atoms with E-state index in [0.717, 1.165) is 0 Å². The molecule has 0 amide bonds. The van der Waals surface area contributed by atoms with Crippen LogP contribution in [0.1, 0.15) is 22.3 Å². The Hall–Kier alpha value is -3.38. The van der Waals surface area contributed by atoms with Gasteiger partial charge in [-0.15, -0.1) is 0 Å². The zero-order chi connectivity index (χ0) is 17.6. The summed E-state index contributed by atoms with van der Waals surface area (Å²) in [5.41, 5.74) is 4.89. The van der Waals surface area contributed by atoms with Gasteiger partial charge in [0.25, 0.3) is 0 Å². The van der Waals surface area contributed by atoms with E-state index in [-0.39, 0.29) is 0 Å². The average molecular weight is 332 g/mol. The average Bonchev–Trinajstić information content (AvgIpc) is 2.72. The highest BCUT2D eigenvalue weighted by atomic mass is 14.1. The minimum Gasteiger partial charge on any atom is -0.0622 e. The van der Waals surface area contributed by atoms with Gasteiger partial charge in [0.1, 0.15) is 0 Å². The van der Waals surface area contributed by atoms with Gasteiger partial charge < -0.3 is 0 Å². The molecule has 0 unspecified atom stereocenters. The summed E-state index contributed by atoms with van der Waals surface area (Å²) in [7, 11) is 0. The highest BCUT2D eigenvalue weighted by Crippen LogP contribution is 2.26. The van der Waals surface area contributed by atoms with E-state index < -0.39 is 0 Å². The SMILES string of the molecule is C(=C\c1cccc2cccc(/C=C/c3ccccc3)c12)/c1ccccc1. The van der Waals surface area contributed by atoms with Gasteiger partial charge in [-0.25, -0.2) is 0 Å². The van der Waals surface area contributed by atoms with Crippen molar-refractivity contribution >= 4 is 35.1 Å². The van der Waals surface area contributed by atoms with Crippen LogP contribution in [0.25, 0.3) is 35.1 Å². The summed E-state index contributed by atoms with van der Waals surface area (Å²) in [6.07, 6.45) is 8.76. The van der Waals surface area contributed by atoms with Crippen LogP contribution >= 0.6 is 0 Å². The van der Waals surface area contributed by atoms with Crippen molar-refractivity contribution in [2.24, 2.45) is 0 Å². The van der Waals surface area contributed by atoms with E-state index in [2.05, 4.69) is 109 Å². The Bertz CT molecular complexity index is 971. The van der Waals surface area contributed by atoms with Crippen LogP contribution in [0, 0.1) is 0 Å². The number of fused-ring (bicyclic) bond motifs is 1. The quantitative estimate of drug-likeness (QED) is 0.347. The van der Waals surface area contributed by atoms with Gasteiger partial charge in [0.05, 0.1) is 0 Å². The normalized spacial score (nSPS) is 11.5. The molecule has 26 heavy (non-hydrogen) atoms. The molecule has 0 aliphatic heterocycles. The van der Waals surface area contributed by atoms with Crippen LogP contribution in [-0.4, -0.2) is 0 Å². The first kappa shape index (κ1) is 16.1. The summed E-state index contributed by atoms with van der Waals surface area (Å²) in [5.74, 6) is 0. The fourth-order valence-electron chi connectivity index (χ4n) is 3.18. The lowest BCUT2D eigenvalue weighted by Gasteiger charge is -2.07. The zero-order valence-electron chi connectivity index (χ0n) is 14.5. The van der Waals surface area contributed by atoms with Crippen LogP contribution in [0.2, 0.25) is 0 Å². The standard InChI is InChI=1S/C26H20/c1-3-9-21(10-4-1)17-19-24-15-7-13-23-14-8-16-25(26(23)24)20-18-22-11-5-2-6-12-22/h1-20H/b19-17+,20-18+. The molecule has 0 fully saturated rings. The van der Waals surface area contributed by atoms with Crippen molar-refractivity contribution < 1.29 is 0 Å². The molecule has 0 aliphatic rings. The van der Waals surface area contributed by atoms with Gasteiger partial charge in [0.15, 0.2) is 0 Å². The van der Waals surface area contributed by atoms with Crippen molar-refractivity contribution in [3.8, 4) is 0 Å². The van der Waals surface area contributed by atoms with Crippen molar-refractivity contribution in [3.63, 3.8) is 0 Å². The molecule has 0 radical (unpaired) electrons. The second kappa shape index (κ2) is 7.67. The van der Waals surface area contributed by atoms with Gasteiger partial charge in [-0.1, -0.05) is 121 Å². The molecule has 4 rings (SSSR count). The Labute approximate surface area is 154 Å². The Balaban J connectivity index is 1.77. The summed E-state index contributed by atoms with van der Waals surface area (Å²) in [6.45, 7) is 0. The van der Waals surface area contributed by atoms with E-state index in [1.165, 1.54) is 33.0 Å². The molecular formula is C26H20. The molecule has 0 heterocycles. The van der Waals surface area contributed by atoms with E-state index in [4.69, 9.17) is 0 Å². The van der Waals surface area contributed by atoms with Crippen LogP contribution in [0.5, 0.6) is 0 Å². The highest BCUT2D eigenvalue weighted by molar-refractivity contribution is 5.99. The Morgan fingerprint density at radius 1 is 0.385 bits per heavy atom. The molecular weight excluding hydrogens is 312 g/mol. The van der Waals surface area contributed by atoms with Crippen LogP contribution in [0.15, 0.2) is 97.1 Å². The lowest BCUT2D eigenvalue weighted by Crippen LogP contribution is -1.83. The van der Waals surface area contributed by atoms with Crippen molar-refractivity contribution in [2.75, 3.05) is 0 Å². The van der Waals surface area contributed by atoms with Gasteiger partial charge in [-0.05, 0) is 33.0 Å². The zero-order valence-corrected chi connectivity index (χ0v) is 14.5. The van der Waals surface area contributed by atoms with E-state index in [1.54, 1.807) is 0 Å². The van der Waals surface area contributed by atoms with E-state index in [9.17, 15) is 0 Å². The Morgan fingerprint density at radius 2 is 0.846 bits per heavy atom. The topological polar surface area (TPSA) is 0 Å². The fourth-order valence-corrected chi connectivity index (χ4v) is 3.18. The smallest absolute Gasteiger partial charge is 0.00389 e. The second-order valence-corrected chi connectivity index (χ2v) is 6.28. The molecule has 0 atom stereocenters. The first-order valence-corrected chi connectivity index (χ1v) is 8.88. The predicted octanol–water partition coefficient (Wildman–Crippen LogP) is 7.18. The number of benzene rings is 4. The van der Waals surface area contributed by atoms with Crippen molar-refractivity contribution in [2.45, 2.75) is 0 Å². The summed E-state index contributed by atoms with van der Waals surface area (Å²) in [6, 6.07) is 33.8. The van der Waals surface area contributed by atoms with Crippen molar-refractivity contribution in [1.29, 1.82) is 0 Å². The highest BCUT2D eigenvalue weighted by Gasteiger charge is 2.02. The molecule has 0 heteroatoms. The largest absolute Gasteiger partial charge is 0.0622 e. The molecule has 4 aromatic carbocycles. The lowest BCUT2D eigenvalue weighted by molar-refractivity contribution is 1.65. The van der Waals surface area contributed by atoms with Crippen molar-refractivity contribution in [3.05, 3.63) is 119 Å². The monoisotopic (exact) mass is 332 g/mol. The van der Waals surface area contributed by atoms with Gasteiger partial charge in [0.2, 0.25) is 0 Å². The summed E-state index contributed by atoms with van der Waals surface area (Å²) >= 11 is 0. The molecule has 0 saturated heterocycles. The van der Waals surface area contributed by atoms with Gasteiger partial charge >= 0.3 is 0 Å². The third-order valence-corrected chi connectivity index (χ3v) is 4.48. The first-order chi connectivity index (χ1) is 12.9. The summed E-state index contributed by atoms with van der Waals surface area (Å²) in [5, 5.41) is 2.55. The van der Waals surface area contributed by atoms with Crippen LogP contribution in [0.3, 0.4) is 0 Å². The lowest BCUT2D eigenvalue weighted by atomic mass is 9.97. The summed E-state index contributed by atoms with van der Waals surface area (Å²) in [4.78, 5) is 0. The maximum absolute atomic E-state index is 2.21. The Morgan fingerprint density at radius 3 is 1.31 bits per heavy atom. The molecule has 4 aromatic rings. The van der Waals surface area contributed by atoms with Crippen LogP contribution in [0.4, 0.5) is 0 Å². The maximum Gasteiger partial charge on any atom is -0.00389 e. The molecule has 0 bridgehead atoms. The van der Waals surface area contributed by atoms with Crippen LogP contribution < -0.4 is 0 Å². The second-order valence-electron chi connectivity index (χ2n) is 6.28. The fraction of sp³-hybridized carbons (Fsp3) is 0. The predicted molar refractivity (Wildman–Crippen MR) is 115 cm³/mol. The molecule has 0 N–H and O–H groups in total. The number of rotatable bonds is 4. The maximum atomic E-state index is 2.21. The van der Waals surface area contributed by atoms with Crippen LogP contribution in [-0.2, 0) is 0 Å². The van der Waals surface area contributed by atoms with Gasteiger partial charge in [0, 0.05) is 0 Å². The molecule has 0 nitrogen and oxygen atoms in total. The number of hydrogen-bond acceptors (Lipinski definition) is 0. The third kappa shape index (κ3) is 3.65. The van der Waals surface area contributed by atoms with E-state index >= 15 is 0 Å². The minimum atomic E-state index is 1.21. The Kier molecular flexibility index (Phi) is 4.75. The van der Waals surface area contributed by atoms with Crippen molar-refractivity contribution in [1.82, 2.24) is 0 Å². The summed E-state index contributed by atoms with van der Waals surface area (Å²) < 4.78 is 0. The molecule has 0 aliphatic carbocycles. The molecule has 124 valence electrons. The van der Waals surface area contributed by atoms with E-state index in [1.807, 2.05) is 12.1 Å². The molecule has 0 spiro atoms. The molecule has 0 aromatic heterocycles. The molecule has 0 saturated carbocycles. The number of hydrogen-bond donors (Lipinski definition) is 0. The minimum absolute atomic E-state index is 1.21. The van der Waals surface area contributed by atoms with Gasteiger partial charge in [-0.2, -0.15) is 0 Å².